The molecule has 0 aromatic carbocycles. The van der Waals surface area contributed by atoms with Crippen LogP contribution in [-0.2, 0) is 7.05 Å². The molecule has 1 saturated heterocycles. The number of hydrogen-bond acceptors (Lipinski definition) is 6. The number of amides is 1. The summed E-state index contributed by atoms with van der Waals surface area (Å²) in [5.74, 6) is -0.120. The van der Waals surface area contributed by atoms with Gasteiger partial charge in [0.15, 0.2) is 0 Å². The molecule has 0 radical (unpaired) electrons. The van der Waals surface area contributed by atoms with E-state index in [-0.39, 0.29) is 42.3 Å². The lowest BCUT2D eigenvalue weighted by Crippen LogP contribution is -2.36. The number of nitrogens with one attached hydrogen (secondary N) is 2. The molecule has 0 bridgehead atoms. The summed E-state index contributed by atoms with van der Waals surface area (Å²) in [6.45, 7) is 7.23. The Bertz CT molecular complexity index is 859. The summed E-state index contributed by atoms with van der Waals surface area (Å²) in [7, 11) is 1.62. The van der Waals surface area contributed by atoms with E-state index in [9.17, 15) is 9.59 Å². The molecule has 3 heterocycles. The van der Waals surface area contributed by atoms with E-state index in [2.05, 4.69) is 20.7 Å². The Morgan fingerprint density at radius 1 is 1.27 bits per heavy atom. The van der Waals surface area contributed by atoms with Crippen molar-refractivity contribution >= 4 is 42.1 Å². The Hall–Kier alpha value is -1.48. The van der Waals surface area contributed by atoms with Gasteiger partial charge >= 0.3 is 0 Å². The number of rotatable bonds is 3. The third-order valence-corrected chi connectivity index (χ3v) is 5.51. The number of aryl methyl sites for hydroxylation is 3. The minimum atomic E-state index is -0.196. The molecule has 0 saturated carbocycles. The minimum Gasteiger partial charge on any atom is -0.347 e. The van der Waals surface area contributed by atoms with Gasteiger partial charge in [0.05, 0.1) is 17.0 Å². The van der Waals surface area contributed by atoms with Gasteiger partial charge in [0.1, 0.15) is 9.88 Å². The van der Waals surface area contributed by atoms with Crippen LogP contribution in [0, 0.1) is 20.8 Å². The molecule has 1 aliphatic rings. The van der Waals surface area contributed by atoms with Crippen molar-refractivity contribution in [3.63, 3.8) is 0 Å². The van der Waals surface area contributed by atoms with Crippen molar-refractivity contribution in [3.8, 4) is 10.6 Å². The van der Waals surface area contributed by atoms with Crippen LogP contribution in [0.15, 0.2) is 4.79 Å². The van der Waals surface area contributed by atoms with E-state index in [0.29, 0.717) is 21.1 Å². The average Bonchev–Trinajstić information content (AvgIpc) is 3.15. The second-order valence-electron chi connectivity index (χ2n) is 6.11. The van der Waals surface area contributed by atoms with Crippen molar-refractivity contribution in [1.29, 1.82) is 0 Å². The molecule has 0 spiro atoms. The van der Waals surface area contributed by atoms with Crippen molar-refractivity contribution < 1.29 is 4.79 Å². The second-order valence-corrected chi connectivity index (χ2v) is 7.11. The zero-order valence-electron chi connectivity index (χ0n) is 15.1. The molecule has 1 aliphatic heterocycles. The second kappa shape index (κ2) is 8.94. The third kappa shape index (κ3) is 4.25. The molecule has 1 unspecified atom stereocenters. The third-order valence-electron chi connectivity index (χ3n) is 4.34. The van der Waals surface area contributed by atoms with Gasteiger partial charge in [0.25, 0.3) is 11.5 Å². The van der Waals surface area contributed by atoms with Gasteiger partial charge in [0, 0.05) is 19.6 Å². The van der Waals surface area contributed by atoms with Gasteiger partial charge in [-0.15, -0.1) is 36.2 Å². The van der Waals surface area contributed by atoms with Crippen molar-refractivity contribution in [2.75, 3.05) is 13.1 Å². The minimum absolute atomic E-state index is 0. The largest absolute Gasteiger partial charge is 0.347 e. The standard InChI is InChI=1S/C16H21N5O2S.2ClH/c1-8-9(2)20-21(4)16(23)12(8)15-18-10(3)13(24-15)14(22)19-11-5-6-17-7-11;;/h11,17H,5-7H2,1-4H3,(H,19,22);2*1H. The molecule has 3 rings (SSSR count). The summed E-state index contributed by atoms with van der Waals surface area (Å²) in [5.41, 5.74) is 2.56. The first-order chi connectivity index (χ1) is 11.4. The molecule has 1 atom stereocenters. The van der Waals surface area contributed by atoms with Crippen LogP contribution in [-0.4, -0.2) is 39.8 Å². The normalized spacial score (nSPS) is 15.9. The zero-order chi connectivity index (χ0) is 17.4. The quantitative estimate of drug-likeness (QED) is 0.790. The van der Waals surface area contributed by atoms with Crippen molar-refractivity contribution in [1.82, 2.24) is 25.4 Å². The van der Waals surface area contributed by atoms with Crippen molar-refractivity contribution in [2.45, 2.75) is 33.2 Å². The molecular formula is C16H23Cl2N5O2S. The fourth-order valence-electron chi connectivity index (χ4n) is 2.84. The lowest BCUT2D eigenvalue weighted by molar-refractivity contribution is 0.0943. The smallest absolute Gasteiger partial charge is 0.277 e. The Morgan fingerprint density at radius 3 is 2.58 bits per heavy atom. The van der Waals surface area contributed by atoms with E-state index < -0.39 is 0 Å². The number of aromatic nitrogens is 3. The van der Waals surface area contributed by atoms with Crippen LogP contribution in [0.5, 0.6) is 0 Å². The van der Waals surface area contributed by atoms with Crippen LogP contribution < -0.4 is 16.2 Å². The highest BCUT2D eigenvalue weighted by molar-refractivity contribution is 7.17. The van der Waals surface area contributed by atoms with Gasteiger partial charge in [-0.05, 0) is 39.3 Å². The summed E-state index contributed by atoms with van der Waals surface area (Å²) in [6.07, 6.45) is 0.930. The molecule has 2 aromatic rings. The average molecular weight is 420 g/mol. The van der Waals surface area contributed by atoms with Gasteiger partial charge < -0.3 is 10.6 Å². The van der Waals surface area contributed by atoms with Crippen LogP contribution in [0.25, 0.3) is 10.6 Å². The van der Waals surface area contributed by atoms with Gasteiger partial charge in [-0.1, -0.05) is 0 Å². The maximum absolute atomic E-state index is 12.5. The van der Waals surface area contributed by atoms with Gasteiger partial charge in [0.2, 0.25) is 0 Å². The van der Waals surface area contributed by atoms with E-state index in [4.69, 9.17) is 0 Å². The van der Waals surface area contributed by atoms with Crippen molar-refractivity contribution in [3.05, 3.63) is 32.2 Å². The highest BCUT2D eigenvalue weighted by atomic mass is 35.5. The molecule has 2 aromatic heterocycles. The summed E-state index contributed by atoms with van der Waals surface area (Å²) in [4.78, 5) is 30.0. The summed E-state index contributed by atoms with van der Waals surface area (Å²) in [5, 5.41) is 11.0. The molecule has 7 nitrogen and oxygen atoms in total. The molecule has 0 aliphatic carbocycles. The molecule has 2 N–H and O–H groups in total. The molecule has 26 heavy (non-hydrogen) atoms. The van der Waals surface area contributed by atoms with Gasteiger partial charge in [-0.3, -0.25) is 9.59 Å². The number of hydrogen-bond donors (Lipinski definition) is 2. The lowest BCUT2D eigenvalue weighted by atomic mass is 10.1. The highest BCUT2D eigenvalue weighted by Gasteiger charge is 2.23. The van der Waals surface area contributed by atoms with Crippen LogP contribution in [0.4, 0.5) is 0 Å². The lowest BCUT2D eigenvalue weighted by Gasteiger charge is -2.10. The van der Waals surface area contributed by atoms with Crippen LogP contribution in [0.3, 0.4) is 0 Å². The Labute approximate surface area is 168 Å². The first kappa shape index (κ1) is 22.6. The molecule has 144 valence electrons. The fourth-order valence-corrected chi connectivity index (χ4v) is 3.91. The number of nitrogens with zero attached hydrogens (tertiary/aromatic N) is 3. The maximum atomic E-state index is 12.5. The van der Waals surface area contributed by atoms with Crippen LogP contribution in [0.2, 0.25) is 0 Å². The molecule has 1 amide bonds. The fraction of sp³-hybridized carbons (Fsp3) is 0.500. The summed E-state index contributed by atoms with van der Waals surface area (Å²) in [6, 6.07) is 0.153. The number of thiazole rings is 1. The molecule has 10 heteroatoms. The predicted octanol–water partition coefficient (Wildman–Crippen LogP) is 1.76. The van der Waals surface area contributed by atoms with E-state index in [1.54, 1.807) is 14.0 Å². The van der Waals surface area contributed by atoms with Crippen LogP contribution in [0.1, 0.15) is 33.0 Å². The van der Waals surface area contributed by atoms with Crippen LogP contribution >= 0.6 is 36.2 Å². The molecule has 1 fully saturated rings. The molecular weight excluding hydrogens is 397 g/mol. The van der Waals surface area contributed by atoms with E-state index in [0.717, 1.165) is 30.8 Å². The summed E-state index contributed by atoms with van der Waals surface area (Å²) >= 11 is 1.27. The Kier molecular flexibility index (Phi) is 7.76. The Morgan fingerprint density at radius 2 is 1.96 bits per heavy atom. The SMILES string of the molecule is Cc1nc(-c2c(C)c(C)nn(C)c2=O)sc1C(=O)NC1CCNC1.Cl.Cl. The van der Waals surface area contributed by atoms with E-state index >= 15 is 0 Å². The zero-order valence-corrected chi connectivity index (χ0v) is 17.5. The topological polar surface area (TPSA) is 88.9 Å². The van der Waals surface area contributed by atoms with E-state index in [1.165, 1.54) is 16.0 Å². The Balaban J connectivity index is 0.00000169. The number of carbonyl (C=O) groups is 1. The highest BCUT2D eigenvalue weighted by Crippen LogP contribution is 2.28. The van der Waals surface area contributed by atoms with Gasteiger partial charge in [-0.2, -0.15) is 5.10 Å². The maximum Gasteiger partial charge on any atom is 0.277 e. The van der Waals surface area contributed by atoms with Crippen molar-refractivity contribution in [2.24, 2.45) is 7.05 Å². The first-order valence-corrected chi connectivity index (χ1v) is 8.74. The first-order valence-electron chi connectivity index (χ1n) is 7.92. The summed E-state index contributed by atoms with van der Waals surface area (Å²) < 4.78 is 1.32. The number of halogens is 2. The number of carbonyl (C=O) groups excluding carboxylic acids is 1. The monoisotopic (exact) mass is 419 g/mol. The predicted molar refractivity (Wildman–Crippen MR) is 108 cm³/mol. The van der Waals surface area contributed by atoms with Gasteiger partial charge in [-0.25, -0.2) is 9.67 Å². The van der Waals surface area contributed by atoms with E-state index in [1.807, 2.05) is 13.8 Å².